The van der Waals surface area contributed by atoms with Crippen molar-refractivity contribution in [1.82, 2.24) is 0 Å². The van der Waals surface area contributed by atoms with Crippen LogP contribution in [-0.2, 0) is 0 Å². The second-order valence-electron chi connectivity index (χ2n) is 4.81. The number of anilines is 2. The second-order valence-corrected chi connectivity index (χ2v) is 4.81. The van der Waals surface area contributed by atoms with Gasteiger partial charge in [0.15, 0.2) is 0 Å². The first kappa shape index (κ1) is 13.8. The molecule has 0 aliphatic heterocycles. The predicted octanol–water partition coefficient (Wildman–Crippen LogP) is 2.79. The van der Waals surface area contributed by atoms with Gasteiger partial charge < -0.3 is 16.2 Å². The predicted molar refractivity (Wildman–Crippen MR) is 74.2 cm³/mol. The number of benzene rings is 1. The van der Waals surface area contributed by atoms with Crippen molar-refractivity contribution in [2.75, 3.05) is 24.2 Å². The van der Waals surface area contributed by atoms with E-state index in [1.807, 2.05) is 25.1 Å². The molecule has 17 heavy (non-hydrogen) atoms. The van der Waals surface area contributed by atoms with Crippen molar-refractivity contribution in [2.45, 2.75) is 33.6 Å². The number of nitrogens with two attached hydrogens (primary N) is 1. The number of rotatable bonds is 6. The normalized spacial score (nSPS) is 11.5. The van der Waals surface area contributed by atoms with Crippen LogP contribution in [0.5, 0.6) is 0 Å². The summed E-state index contributed by atoms with van der Waals surface area (Å²) in [6.45, 7) is 7.21. The average Bonchev–Trinajstić information content (AvgIpc) is 2.33. The first-order valence-electron chi connectivity index (χ1n) is 6.27. The molecule has 0 heterocycles. The summed E-state index contributed by atoms with van der Waals surface area (Å²) in [6.07, 6.45) is 1.91. The van der Waals surface area contributed by atoms with Crippen molar-refractivity contribution in [1.29, 1.82) is 0 Å². The van der Waals surface area contributed by atoms with Crippen molar-refractivity contribution in [3.05, 3.63) is 23.8 Å². The minimum Gasteiger partial charge on any atom is -0.397 e. The molecule has 0 fully saturated rings. The van der Waals surface area contributed by atoms with Crippen LogP contribution in [0.1, 0.15) is 32.3 Å². The molecule has 0 bridgehead atoms. The topological polar surface area (TPSA) is 58.3 Å². The summed E-state index contributed by atoms with van der Waals surface area (Å²) in [5, 5.41) is 12.8. The first-order valence-corrected chi connectivity index (χ1v) is 6.27. The van der Waals surface area contributed by atoms with E-state index in [0.717, 1.165) is 36.3 Å². The highest BCUT2D eigenvalue weighted by Crippen LogP contribution is 2.27. The number of nitrogen functional groups attached to an aromatic ring is 1. The Morgan fingerprint density at radius 1 is 1.29 bits per heavy atom. The van der Waals surface area contributed by atoms with Crippen molar-refractivity contribution >= 4 is 11.4 Å². The molecule has 0 spiro atoms. The van der Waals surface area contributed by atoms with Gasteiger partial charge in [0.2, 0.25) is 0 Å². The van der Waals surface area contributed by atoms with Crippen LogP contribution in [-0.4, -0.2) is 18.3 Å². The molecule has 0 unspecified atom stereocenters. The number of aryl methyl sites for hydroxylation is 1. The third-order valence-corrected chi connectivity index (χ3v) is 3.70. The highest BCUT2D eigenvalue weighted by atomic mass is 16.3. The molecule has 0 saturated carbocycles. The Morgan fingerprint density at radius 2 is 1.94 bits per heavy atom. The Labute approximate surface area is 104 Å². The molecule has 0 aliphatic carbocycles. The minimum absolute atomic E-state index is 0.0443. The molecule has 0 aromatic heterocycles. The molecule has 0 amide bonds. The zero-order chi connectivity index (χ0) is 12.9. The lowest BCUT2D eigenvalue weighted by Crippen LogP contribution is -2.32. The fourth-order valence-electron chi connectivity index (χ4n) is 1.91. The fourth-order valence-corrected chi connectivity index (χ4v) is 1.91. The van der Waals surface area contributed by atoms with Gasteiger partial charge in [-0.05, 0) is 37.5 Å². The average molecular weight is 236 g/mol. The summed E-state index contributed by atoms with van der Waals surface area (Å²) < 4.78 is 0. The maximum Gasteiger partial charge on any atom is 0.0574 e. The molecule has 0 radical (unpaired) electrons. The summed E-state index contributed by atoms with van der Waals surface area (Å²) in [6, 6.07) is 6.00. The molecular formula is C14H24N2O. The molecule has 1 rings (SSSR count). The summed E-state index contributed by atoms with van der Waals surface area (Å²) in [7, 11) is 0. The van der Waals surface area contributed by atoms with E-state index < -0.39 is 0 Å². The highest BCUT2D eigenvalue weighted by Gasteiger charge is 2.24. The van der Waals surface area contributed by atoms with Crippen LogP contribution in [0.4, 0.5) is 11.4 Å². The first-order chi connectivity index (χ1) is 8.06. The summed E-state index contributed by atoms with van der Waals surface area (Å²) in [5.74, 6) is 0. The zero-order valence-electron chi connectivity index (χ0n) is 11.1. The van der Waals surface area contributed by atoms with Gasteiger partial charge in [-0.15, -0.1) is 0 Å². The van der Waals surface area contributed by atoms with Gasteiger partial charge in [-0.2, -0.15) is 0 Å². The number of nitrogens with one attached hydrogen (secondary N) is 1. The van der Waals surface area contributed by atoms with Crippen LogP contribution in [0.2, 0.25) is 0 Å². The number of aliphatic hydroxyl groups excluding tert-OH is 1. The molecular weight excluding hydrogens is 212 g/mol. The van der Waals surface area contributed by atoms with Crippen molar-refractivity contribution in [3.8, 4) is 0 Å². The lowest BCUT2D eigenvalue weighted by atomic mass is 9.83. The van der Waals surface area contributed by atoms with E-state index in [4.69, 9.17) is 5.73 Å². The molecule has 1 aromatic rings. The van der Waals surface area contributed by atoms with Crippen LogP contribution in [0, 0.1) is 12.3 Å². The van der Waals surface area contributed by atoms with Gasteiger partial charge in [-0.25, -0.2) is 0 Å². The zero-order valence-corrected chi connectivity index (χ0v) is 11.1. The Hall–Kier alpha value is -1.22. The molecule has 4 N–H and O–H groups in total. The van der Waals surface area contributed by atoms with E-state index in [0.29, 0.717) is 0 Å². The monoisotopic (exact) mass is 236 g/mol. The molecule has 3 nitrogen and oxygen atoms in total. The summed E-state index contributed by atoms with van der Waals surface area (Å²) in [5.41, 5.74) is 8.79. The van der Waals surface area contributed by atoms with Gasteiger partial charge in [0.25, 0.3) is 0 Å². The van der Waals surface area contributed by atoms with Gasteiger partial charge in [-0.1, -0.05) is 19.9 Å². The van der Waals surface area contributed by atoms with Gasteiger partial charge in [0.05, 0.1) is 18.0 Å². The Balaban J connectivity index is 2.72. The summed E-state index contributed by atoms with van der Waals surface area (Å²) in [4.78, 5) is 0. The van der Waals surface area contributed by atoms with E-state index in [1.54, 1.807) is 0 Å². The Kier molecular flexibility index (Phi) is 4.82. The molecule has 96 valence electrons. The molecule has 0 aliphatic rings. The van der Waals surface area contributed by atoms with E-state index >= 15 is 0 Å². The van der Waals surface area contributed by atoms with Crippen LogP contribution in [0.3, 0.4) is 0 Å². The highest BCUT2D eigenvalue weighted by molar-refractivity contribution is 5.66. The number of aliphatic hydroxyl groups is 1. The Bertz CT molecular complexity index is 351. The van der Waals surface area contributed by atoms with E-state index in [9.17, 15) is 5.11 Å². The largest absolute Gasteiger partial charge is 0.397 e. The van der Waals surface area contributed by atoms with Crippen LogP contribution in [0.25, 0.3) is 0 Å². The smallest absolute Gasteiger partial charge is 0.0574 e. The molecule has 3 heteroatoms. The van der Waals surface area contributed by atoms with Gasteiger partial charge >= 0.3 is 0 Å². The van der Waals surface area contributed by atoms with Gasteiger partial charge in [-0.3, -0.25) is 0 Å². The maximum atomic E-state index is 9.50. The second kappa shape index (κ2) is 5.92. The third kappa shape index (κ3) is 3.37. The lowest BCUT2D eigenvalue weighted by molar-refractivity contribution is 0.127. The quantitative estimate of drug-likeness (QED) is 0.666. The van der Waals surface area contributed by atoms with E-state index in [-0.39, 0.29) is 12.0 Å². The van der Waals surface area contributed by atoms with E-state index in [2.05, 4.69) is 19.2 Å². The third-order valence-electron chi connectivity index (χ3n) is 3.70. The van der Waals surface area contributed by atoms with Crippen molar-refractivity contribution in [2.24, 2.45) is 5.41 Å². The van der Waals surface area contributed by atoms with Crippen molar-refractivity contribution < 1.29 is 5.11 Å². The number of hydrogen-bond acceptors (Lipinski definition) is 3. The lowest BCUT2D eigenvalue weighted by Gasteiger charge is -2.30. The molecule has 0 saturated heterocycles. The van der Waals surface area contributed by atoms with Crippen molar-refractivity contribution in [3.63, 3.8) is 0 Å². The fraction of sp³-hybridized carbons (Fsp3) is 0.571. The Morgan fingerprint density at radius 3 is 2.41 bits per heavy atom. The minimum atomic E-state index is -0.0443. The maximum absolute atomic E-state index is 9.50. The molecule has 1 aromatic carbocycles. The molecule has 0 atom stereocenters. The SMILES string of the molecule is CCC(CC)(CO)CNc1ccc(C)cc1N. The van der Waals surface area contributed by atoms with Crippen LogP contribution < -0.4 is 11.1 Å². The standard InChI is InChI=1S/C14H24N2O/c1-4-14(5-2,10-17)9-16-13-7-6-11(3)8-12(13)15/h6-8,16-17H,4-5,9-10,15H2,1-3H3. The number of hydrogen-bond donors (Lipinski definition) is 3. The van der Waals surface area contributed by atoms with Gasteiger partial charge in [0, 0.05) is 12.0 Å². The van der Waals surface area contributed by atoms with E-state index in [1.165, 1.54) is 0 Å². The van der Waals surface area contributed by atoms with Crippen LogP contribution in [0.15, 0.2) is 18.2 Å². The van der Waals surface area contributed by atoms with Crippen LogP contribution >= 0.6 is 0 Å². The summed E-state index contributed by atoms with van der Waals surface area (Å²) >= 11 is 0. The van der Waals surface area contributed by atoms with Gasteiger partial charge in [0.1, 0.15) is 0 Å².